The van der Waals surface area contributed by atoms with Crippen LogP contribution in [0.25, 0.3) is 0 Å². The first-order valence-electron chi connectivity index (χ1n) is 8.26. The zero-order valence-electron chi connectivity index (χ0n) is 14.0. The van der Waals surface area contributed by atoms with Crippen molar-refractivity contribution in [3.8, 4) is 0 Å². The number of nitrogens with zero attached hydrogens (tertiary/aromatic N) is 2. The summed E-state index contributed by atoms with van der Waals surface area (Å²) in [6.07, 6.45) is 1.78. The van der Waals surface area contributed by atoms with Crippen molar-refractivity contribution in [2.24, 2.45) is 0 Å². The molecule has 1 aliphatic rings. The molecule has 0 saturated heterocycles. The predicted molar refractivity (Wildman–Crippen MR) is 92.9 cm³/mol. The second-order valence-electron chi connectivity index (χ2n) is 6.24. The first-order chi connectivity index (χ1) is 12.9. The fourth-order valence-corrected chi connectivity index (χ4v) is 5.06. The maximum atomic E-state index is 14.5. The fourth-order valence-electron chi connectivity index (χ4n) is 3.44. The molecule has 0 saturated carbocycles. The van der Waals surface area contributed by atoms with E-state index in [4.69, 9.17) is 0 Å². The van der Waals surface area contributed by atoms with Crippen LogP contribution >= 0.6 is 0 Å². The highest BCUT2D eigenvalue weighted by molar-refractivity contribution is 7.89. The number of hydrogen-bond acceptors (Lipinski definition) is 2. The molecule has 1 aliphatic heterocycles. The van der Waals surface area contributed by atoms with Gasteiger partial charge in [-0.2, -0.15) is 4.31 Å². The lowest BCUT2D eigenvalue weighted by atomic mass is 10.0. The second kappa shape index (κ2) is 6.54. The molecule has 4 rings (SSSR count). The Morgan fingerprint density at radius 2 is 1.67 bits per heavy atom. The number of sulfonamides is 1. The molecule has 1 atom stereocenters. The van der Waals surface area contributed by atoms with Crippen LogP contribution in [0.4, 0.5) is 13.2 Å². The molecule has 27 heavy (non-hydrogen) atoms. The maximum absolute atomic E-state index is 14.5. The van der Waals surface area contributed by atoms with E-state index in [0.29, 0.717) is 18.3 Å². The van der Waals surface area contributed by atoms with E-state index in [9.17, 15) is 21.6 Å². The van der Waals surface area contributed by atoms with Crippen LogP contribution in [-0.2, 0) is 16.6 Å². The molecule has 2 aromatic carbocycles. The van der Waals surface area contributed by atoms with Crippen molar-refractivity contribution in [1.82, 2.24) is 8.87 Å². The van der Waals surface area contributed by atoms with E-state index in [0.717, 1.165) is 16.4 Å². The first-order valence-corrected chi connectivity index (χ1v) is 9.70. The molecule has 4 nitrogen and oxygen atoms in total. The minimum Gasteiger partial charge on any atom is -0.348 e. The Balaban J connectivity index is 1.89. The van der Waals surface area contributed by atoms with Crippen LogP contribution in [0.3, 0.4) is 0 Å². The Hall–Kier alpha value is -2.58. The van der Waals surface area contributed by atoms with E-state index in [1.165, 1.54) is 18.2 Å². The van der Waals surface area contributed by atoms with Gasteiger partial charge >= 0.3 is 0 Å². The summed E-state index contributed by atoms with van der Waals surface area (Å²) < 4.78 is 71.2. The minimum absolute atomic E-state index is 0.0276. The molecule has 2 heterocycles. The van der Waals surface area contributed by atoms with E-state index in [1.54, 1.807) is 24.4 Å². The first kappa shape index (κ1) is 17.8. The third kappa shape index (κ3) is 2.94. The second-order valence-corrected chi connectivity index (χ2v) is 8.10. The van der Waals surface area contributed by atoms with Crippen molar-refractivity contribution in [1.29, 1.82) is 0 Å². The summed E-state index contributed by atoms with van der Waals surface area (Å²) in [6.45, 7) is 0.370. The van der Waals surface area contributed by atoms with Crippen molar-refractivity contribution in [2.45, 2.75) is 17.5 Å². The predicted octanol–water partition coefficient (Wildman–Crippen LogP) is 3.70. The quantitative estimate of drug-likeness (QED) is 0.682. The Bertz CT molecular complexity index is 1110. The van der Waals surface area contributed by atoms with Gasteiger partial charge in [-0.15, -0.1) is 0 Å². The van der Waals surface area contributed by atoms with Gasteiger partial charge < -0.3 is 4.57 Å². The fraction of sp³-hybridized carbons (Fsp3) is 0.158. The summed E-state index contributed by atoms with van der Waals surface area (Å²) in [5.74, 6) is -2.61. The van der Waals surface area contributed by atoms with E-state index < -0.39 is 38.4 Å². The molecule has 0 fully saturated rings. The molecule has 1 aromatic heterocycles. The van der Waals surface area contributed by atoms with Crippen molar-refractivity contribution < 1.29 is 21.6 Å². The Morgan fingerprint density at radius 3 is 2.41 bits per heavy atom. The third-order valence-corrected chi connectivity index (χ3v) is 6.57. The lowest BCUT2D eigenvalue weighted by molar-refractivity contribution is 0.292. The lowest BCUT2D eigenvalue weighted by Crippen LogP contribution is -2.42. The standard InChI is InChI=1S/C19H15F3N2O2S/c20-13-7-8-18(16(22)12-13)27(25,26)24-11-10-23-9-3-6-17(23)19(24)14-4-1-2-5-15(14)21/h1-9,12,19H,10-11H2. The average molecular weight is 392 g/mol. The molecule has 3 aromatic rings. The van der Waals surface area contributed by atoms with E-state index in [2.05, 4.69) is 0 Å². The zero-order chi connectivity index (χ0) is 19.2. The molecule has 1 unspecified atom stereocenters. The number of rotatable bonds is 3. The summed E-state index contributed by atoms with van der Waals surface area (Å²) in [6, 6.07) is 10.7. The zero-order valence-corrected chi connectivity index (χ0v) is 14.8. The van der Waals surface area contributed by atoms with Crippen LogP contribution in [0.1, 0.15) is 17.3 Å². The summed E-state index contributed by atoms with van der Waals surface area (Å²) >= 11 is 0. The van der Waals surface area contributed by atoms with Crippen LogP contribution in [0.2, 0.25) is 0 Å². The molecule has 0 spiro atoms. The van der Waals surface area contributed by atoms with Gasteiger partial charge in [0, 0.05) is 36.6 Å². The number of benzene rings is 2. The highest BCUT2D eigenvalue weighted by Gasteiger charge is 2.39. The average Bonchev–Trinajstić information content (AvgIpc) is 3.10. The Labute approximate surface area is 154 Å². The molecule has 8 heteroatoms. The molecule has 140 valence electrons. The van der Waals surface area contributed by atoms with Crippen LogP contribution in [0.5, 0.6) is 0 Å². The van der Waals surface area contributed by atoms with Crippen molar-refractivity contribution in [3.05, 3.63) is 89.5 Å². The van der Waals surface area contributed by atoms with E-state index >= 15 is 0 Å². The third-order valence-electron chi connectivity index (χ3n) is 4.67. The van der Waals surface area contributed by atoms with Crippen molar-refractivity contribution >= 4 is 10.0 Å². The lowest BCUT2D eigenvalue weighted by Gasteiger charge is -2.36. The minimum atomic E-state index is -4.33. The Kier molecular flexibility index (Phi) is 4.32. The summed E-state index contributed by atoms with van der Waals surface area (Å²) in [4.78, 5) is -0.634. The number of hydrogen-bond donors (Lipinski definition) is 0. The molecular weight excluding hydrogens is 377 g/mol. The van der Waals surface area contributed by atoms with E-state index in [1.807, 2.05) is 4.57 Å². The molecular formula is C19H15F3N2O2S. The molecule has 0 bridgehead atoms. The van der Waals surface area contributed by atoms with Gasteiger partial charge in [-0.3, -0.25) is 0 Å². The van der Waals surface area contributed by atoms with Gasteiger partial charge in [0.1, 0.15) is 22.3 Å². The van der Waals surface area contributed by atoms with Crippen LogP contribution in [0.15, 0.2) is 65.7 Å². The molecule has 0 N–H and O–H groups in total. The highest BCUT2D eigenvalue weighted by Crippen LogP contribution is 2.37. The number of aromatic nitrogens is 1. The van der Waals surface area contributed by atoms with Gasteiger partial charge in [0.25, 0.3) is 0 Å². The van der Waals surface area contributed by atoms with Gasteiger partial charge in [-0.25, -0.2) is 21.6 Å². The smallest absolute Gasteiger partial charge is 0.246 e. The molecule has 0 aliphatic carbocycles. The Morgan fingerprint density at radius 1 is 0.889 bits per heavy atom. The van der Waals surface area contributed by atoms with Gasteiger partial charge in [0.2, 0.25) is 10.0 Å². The van der Waals surface area contributed by atoms with Crippen molar-refractivity contribution in [2.75, 3.05) is 6.54 Å². The monoisotopic (exact) mass is 392 g/mol. The summed E-state index contributed by atoms with van der Waals surface area (Å²) in [5, 5.41) is 0. The number of fused-ring (bicyclic) bond motifs is 1. The van der Waals surface area contributed by atoms with Gasteiger partial charge in [-0.1, -0.05) is 18.2 Å². The maximum Gasteiger partial charge on any atom is 0.246 e. The SMILES string of the molecule is O=S(=O)(c1ccc(F)cc1F)N1CCn2cccc2C1c1ccccc1F. The summed E-state index contributed by atoms with van der Waals surface area (Å²) in [7, 11) is -4.33. The molecule has 0 amide bonds. The van der Waals surface area contributed by atoms with Crippen molar-refractivity contribution in [3.63, 3.8) is 0 Å². The van der Waals surface area contributed by atoms with Gasteiger partial charge in [0.15, 0.2) is 0 Å². The van der Waals surface area contributed by atoms with Gasteiger partial charge in [0.05, 0.1) is 6.04 Å². The topological polar surface area (TPSA) is 42.3 Å². The number of halogens is 3. The largest absolute Gasteiger partial charge is 0.348 e. The highest BCUT2D eigenvalue weighted by atomic mass is 32.2. The van der Waals surface area contributed by atoms with Crippen LogP contribution < -0.4 is 0 Å². The normalized spacial score (nSPS) is 17.7. The van der Waals surface area contributed by atoms with Gasteiger partial charge in [-0.05, 0) is 30.3 Å². The summed E-state index contributed by atoms with van der Waals surface area (Å²) in [5.41, 5.74) is 0.751. The molecule has 0 radical (unpaired) electrons. The van der Waals surface area contributed by atoms with E-state index in [-0.39, 0.29) is 12.1 Å². The van der Waals surface area contributed by atoms with Crippen LogP contribution in [0, 0.1) is 17.5 Å². The van der Waals surface area contributed by atoms with Crippen LogP contribution in [-0.4, -0.2) is 23.8 Å².